The molecule has 0 spiro atoms. The number of hydrogen-bond acceptors (Lipinski definition) is 7. The fourth-order valence-corrected chi connectivity index (χ4v) is 1.92. The summed E-state index contributed by atoms with van der Waals surface area (Å²) >= 11 is 1.48. The second kappa shape index (κ2) is 6.67. The van der Waals surface area contributed by atoms with Crippen LogP contribution in [-0.4, -0.2) is 32.2 Å². The van der Waals surface area contributed by atoms with Crippen LogP contribution in [0.2, 0.25) is 0 Å². The summed E-state index contributed by atoms with van der Waals surface area (Å²) in [5, 5.41) is 14.9. The van der Waals surface area contributed by atoms with E-state index in [4.69, 9.17) is 9.26 Å². The molecule has 2 aromatic heterocycles. The van der Waals surface area contributed by atoms with Gasteiger partial charge in [0, 0.05) is 6.61 Å². The van der Waals surface area contributed by atoms with E-state index in [1.54, 1.807) is 6.20 Å². The van der Waals surface area contributed by atoms with E-state index in [0.717, 1.165) is 5.03 Å². The molecule has 0 aliphatic rings. The Morgan fingerprint density at radius 3 is 2.95 bits per heavy atom. The molecule has 0 saturated heterocycles. The average Bonchev–Trinajstić information content (AvgIpc) is 3.04. The van der Waals surface area contributed by atoms with E-state index in [9.17, 15) is 0 Å². The molecule has 0 fully saturated rings. The van der Waals surface area contributed by atoms with Crippen LogP contribution in [0.1, 0.15) is 38.6 Å². The van der Waals surface area contributed by atoms with Gasteiger partial charge in [-0.15, -0.1) is 5.10 Å². The molecule has 0 bridgehead atoms. The zero-order valence-corrected chi connectivity index (χ0v) is 12.0. The van der Waals surface area contributed by atoms with Gasteiger partial charge in [-0.05, 0) is 12.8 Å². The molecule has 104 valence electrons. The van der Waals surface area contributed by atoms with Crippen LogP contribution in [0.25, 0.3) is 0 Å². The second-order valence-corrected chi connectivity index (χ2v) is 5.51. The summed E-state index contributed by atoms with van der Waals surface area (Å²) in [5.74, 6) is 2.19. The quantitative estimate of drug-likeness (QED) is 0.779. The van der Waals surface area contributed by atoms with Crippen LogP contribution in [0, 0.1) is 5.92 Å². The third kappa shape index (κ3) is 4.32. The van der Waals surface area contributed by atoms with Crippen molar-refractivity contribution in [2.45, 2.75) is 37.7 Å². The predicted octanol–water partition coefficient (Wildman–Crippen LogP) is 2.21. The Morgan fingerprint density at radius 2 is 2.26 bits per heavy atom. The zero-order valence-electron chi connectivity index (χ0n) is 11.2. The molecule has 2 rings (SSSR count). The standard InChI is InChI=1S/C11H17N5O2S/c1-7(2)5-17-8(3)11-13-9(18-15-11)6-19-10-4-12-16-14-10/h4,7-8H,5-6H2,1-3H3,(H,12,14,16)/t8-/m1/s1. The number of thioether (sulfide) groups is 1. The van der Waals surface area contributed by atoms with Gasteiger partial charge in [0.1, 0.15) is 11.1 Å². The van der Waals surface area contributed by atoms with Crippen molar-refractivity contribution in [2.75, 3.05) is 6.61 Å². The van der Waals surface area contributed by atoms with Crippen molar-refractivity contribution in [3.8, 4) is 0 Å². The van der Waals surface area contributed by atoms with Gasteiger partial charge in [0.15, 0.2) is 5.82 Å². The maximum absolute atomic E-state index is 5.63. The molecule has 0 amide bonds. The molecule has 1 N–H and O–H groups in total. The Kier molecular flexibility index (Phi) is 4.92. The van der Waals surface area contributed by atoms with Crippen molar-refractivity contribution in [2.24, 2.45) is 5.92 Å². The van der Waals surface area contributed by atoms with Crippen LogP contribution < -0.4 is 0 Å². The summed E-state index contributed by atoms with van der Waals surface area (Å²) in [4.78, 5) is 4.31. The number of aromatic nitrogens is 5. The molecule has 0 saturated carbocycles. The maximum Gasteiger partial charge on any atom is 0.237 e. The lowest BCUT2D eigenvalue weighted by Crippen LogP contribution is -2.07. The van der Waals surface area contributed by atoms with Crippen LogP contribution in [0.15, 0.2) is 15.7 Å². The highest BCUT2D eigenvalue weighted by Gasteiger charge is 2.15. The SMILES string of the molecule is CC(C)CO[C@H](C)c1noc(CSc2cn[nH]n2)n1. The molecule has 0 aliphatic carbocycles. The molecule has 19 heavy (non-hydrogen) atoms. The first kappa shape index (κ1) is 14.0. The van der Waals surface area contributed by atoms with Crippen molar-refractivity contribution in [3.63, 3.8) is 0 Å². The van der Waals surface area contributed by atoms with Crippen molar-refractivity contribution >= 4 is 11.8 Å². The molecule has 0 radical (unpaired) electrons. The second-order valence-electron chi connectivity index (χ2n) is 4.51. The molecule has 1 atom stereocenters. The first-order chi connectivity index (χ1) is 9.15. The van der Waals surface area contributed by atoms with Crippen LogP contribution >= 0.6 is 11.8 Å². The van der Waals surface area contributed by atoms with Gasteiger partial charge < -0.3 is 9.26 Å². The van der Waals surface area contributed by atoms with E-state index >= 15 is 0 Å². The predicted molar refractivity (Wildman–Crippen MR) is 69.4 cm³/mol. The highest BCUT2D eigenvalue weighted by molar-refractivity contribution is 7.98. The Labute approximate surface area is 115 Å². The van der Waals surface area contributed by atoms with Crippen molar-refractivity contribution in [1.29, 1.82) is 0 Å². The van der Waals surface area contributed by atoms with Gasteiger partial charge in [0.25, 0.3) is 0 Å². The summed E-state index contributed by atoms with van der Waals surface area (Å²) in [7, 11) is 0. The minimum absolute atomic E-state index is 0.156. The molecular formula is C11H17N5O2S. The molecular weight excluding hydrogens is 266 g/mol. The lowest BCUT2D eigenvalue weighted by Gasteiger charge is -2.10. The Bertz CT molecular complexity index is 485. The average molecular weight is 283 g/mol. The maximum atomic E-state index is 5.63. The van der Waals surface area contributed by atoms with E-state index in [2.05, 4.69) is 39.4 Å². The number of nitrogens with one attached hydrogen (secondary N) is 1. The van der Waals surface area contributed by atoms with Gasteiger partial charge in [-0.1, -0.05) is 30.8 Å². The van der Waals surface area contributed by atoms with E-state index < -0.39 is 0 Å². The summed E-state index contributed by atoms with van der Waals surface area (Å²) in [6.07, 6.45) is 1.49. The number of rotatable bonds is 7. The summed E-state index contributed by atoms with van der Waals surface area (Å²) in [6.45, 7) is 6.80. The topological polar surface area (TPSA) is 89.7 Å². The van der Waals surface area contributed by atoms with Crippen LogP contribution in [0.5, 0.6) is 0 Å². The number of H-pyrrole nitrogens is 1. The monoisotopic (exact) mass is 283 g/mol. The largest absolute Gasteiger partial charge is 0.370 e. The van der Waals surface area contributed by atoms with Gasteiger partial charge in [-0.25, -0.2) is 0 Å². The number of aromatic amines is 1. The highest BCUT2D eigenvalue weighted by atomic mass is 32.2. The van der Waals surface area contributed by atoms with Crippen molar-refractivity contribution in [3.05, 3.63) is 17.9 Å². The minimum atomic E-state index is -0.156. The Hall–Kier alpha value is -1.41. The molecule has 0 aromatic carbocycles. The fourth-order valence-electron chi connectivity index (χ4n) is 1.30. The van der Waals surface area contributed by atoms with E-state index in [1.165, 1.54) is 11.8 Å². The van der Waals surface area contributed by atoms with Gasteiger partial charge in [-0.2, -0.15) is 15.3 Å². The van der Waals surface area contributed by atoms with Gasteiger partial charge in [0.05, 0.1) is 11.9 Å². The molecule has 7 nitrogen and oxygen atoms in total. The van der Waals surface area contributed by atoms with Gasteiger partial charge in [-0.3, -0.25) is 0 Å². The summed E-state index contributed by atoms with van der Waals surface area (Å²) < 4.78 is 10.8. The number of nitrogens with zero attached hydrogens (tertiary/aromatic N) is 4. The number of ether oxygens (including phenoxy) is 1. The lowest BCUT2D eigenvalue weighted by molar-refractivity contribution is 0.0402. The first-order valence-electron chi connectivity index (χ1n) is 6.07. The van der Waals surface area contributed by atoms with Crippen LogP contribution in [0.3, 0.4) is 0 Å². The zero-order chi connectivity index (χ0) is 13.7. The first-order valence-corrected chi connectivity index (χ1v) is 7.06. The van der Waals surface area contributed by atoms with Crippen molar-refractivity contribution < 1.29 is 9.26 Å². The third-order valence-corrected chi connectivity index (χ3v) is 3.15. The Morgan fingerprint density at radius 1 is 1.42 bits per heavy atom. The third-order valence-electron chi connectivity index (χ3n) is 2.26. The summed E-state index contributed by atoms with van der Waals surface area (Å²) in [5.41, 5.74) is 0. The highest BCUT2D eigenvalue weighted by Crippen LogP contribution is 2.20. The molecule has 2 aromatic rings. The van der Waals surface area contributed by atoms with E-state index in [1.807, 2.05) is 6.92 Å². The fraction of sp³-hybridized carbons (Fsp3) is 0.636. The summed E-state index contributed by atoms with van der Waals surface area (Å²) in [6, 6.07) is 0. The minimum Gasteiger partial charge on any atom is -0.370 e. The van der Waals surface area contributed by atoms with Crippen LogP contribution in [-0.2, 0) is 10.5 Å². The molecule has 0 unspecified atom stereocenters. The van der Waals surface area contributed by atoms with Crippen LogP contribution in [0.4, 0.5) is 0 Å². The molecule has 0 aliphatic heterocycles. The van der Waals surface area contributed by atoms with Crippen molar-refractivity contribution in [1.82, 2.24) is 25.6 Å². The van der Waals surface area contributed by atoms with Gasteiger partial charge in [0.2, 0.25) is 5.89 Å². The normalized spacial score (nSPS) is 13.1. The smallest absolute Gasteiger partial charge is 0.237 e. The molecule has 2 heterocycles. The number of hydrogen-bond donors (Lipinski definition) is 1. The lowest BCUT2D eigenvalue weighted by atomic mass is 10.2. The molecule has 8 heteroatoms. The van der Waals surface area contributed by atoms with E-state index in [-0.39, 0.29) is 6.10 Å². The van der Waals surface area contributed by atoms with E-state index in [0.29, 0.717) is 30.0 Å². The Balaban J connectivity index is 1.84. The van der Waals surface area contributed by atoms with Gasteiger partial charge >= 0.3 is 0 Å².